The molecule has 0 aliphatic heterocycles. The van der Waals surface area contributed by atoms with E-state index in [0.717, 1.165) is 24.3 Å². The molecule has 3 rings (SSSR count). The smallest absolute Gasteiger partial charge is 0.0351 e. The van der Waals surface area contributed by atoms with Gasteiger partial charge >= 0.3 is 0 Å². The van der Waals surface area contributed by atoms with E-state index >= 15 is 0 Å². The number of nitrogens with one attached hydrogen (secondary N) is 1. The zero-order valence-electron chi connectivity index (χ0n) is 13.3. The summed E-state index contributed by atoms with van der Waals surface area (Å²) in [6.45, 7) is 7.87. The Morgan fingerprint density at radius 3 is 2.60 bits per heavy atom. The molecule has 0 radical (unpaired) electrons. The van der Waals surface area contributed by atoms with Crippen molar-refractivity contribution < 1.29 is 0 Å². The van der Waals surface area contributed by atoms with E-state index in [-0.39, 0.29) is 0 Å². The summed E-state index contributed by atoms with van der Waals surface area (Å²) in [6, 6.07) is 7.68. The van der Waals surface area contributed by atoms with Crippen LogP contribution in [-0.4, -0.2) is 6.54 Å². The topological polar surface area (TPSA) is 12.0 Å². The van der Waals surface area contributed by atoms with Gasteiger partial charge < -0.3 is 5.32 Å². The fourth-order valence-electron chi connectivity index (χ4n) is 4.48. The molecule has 0 amide bonds. The van der Waals surface area contributed by atoms with Gasteiger partial charge in [-0.15, -0.1) is 0 Å². The highest BCUT2D eigenvalue weighted by Gasteiger charge is 2.43. The number of benzene rings is 1. The molecule has 1 aromatic carbocycles. The van der Waals surface area contributed by atoms with E-state index in [1.165, 1.54) is 48.8 Å². The third kappa shape index (κ3) is 2.65. The average Bonchev–Trinajstić information content (AvgIpc) is 3.06. The molecule has 1 aromatic rings. The first-order valence-corrected chi connectivity index (χ1v) is 8.49. The lowest BCUT2D eigenvalue weighted by atomic mass is 9.80. The Balaban J connectivity index is 1.83. The van der Waals surface area contributed by atoms with Gasteiger partial charge in [0.25, 0.3) is 0 Å². The van der Waals surface area contributed by atoms with Crippen molar-refractivity contribution in [1.82, 2.24) is 5.32 Å². The molecule has 0 heterocycles. The van der Waals surface area contributed by atoms with Gasteiger partial charge in [-0.3, -0.25) is 0 Å². The minimum absolute atomic E-state index is 0.588. The summed E-state index contributed by atoms with van der Waals surface area (Å²) in [6.07, 6.45) is 7.15. The molecule has 0 aromatic heterocycles. The van der Waals surface area contributed by atoms with Gasteiger partial charge in [-0.05, 0) is 80.5 Å². The number of fused-ring (bicyclic) bond motifs is 2. The zero-order chi connectivity index (χ0) is 14.1. The summed E-state index contributed by atoms with van der Waals surface area (Å²) in [5.41, 5.74) is 4.38. The third-order valence-electron chi connectivity index (χ3n) is 5.73. The highest BCUT2D eigenvalue weighted by molar-refractivity contribution is 5.32. The van der Waals surface area contributed by atoms with Crippen LogP contribution in [0.1, 0.15) is 61.8 Å². The van der Waals surface area contributed by atoms with E-state index in [9.17, 15) is 0 Å². The van der Waals surface area contributed by atoms with E-state index in [2.05, 4.69) is 44.3 Å². The van der Waals surface area contributed by atoms with Crippen molar-refractivity contribution in [3.05, 3.63) is 34.9 Å². The molecular weight excluding hydrogens is 242 g/mol. The second-order valence-electron chi connectivity index (χ2n) is 7.11. The molecule has 1 nitrogen and oxygen atoms in total. The van der Waals surface area contributed by atoms with Crippen molar-refractivity contribution in [3.8, 4) is 0 Å². The van der Waals surface area contributed by atoms with Gasteiger partial charge in [-0.25, -0.2) is 0 Å². The van der Waals surface area contributed by atoms with E-state index in [4.69, 9.17) is 0 Å². The molecule has 20 heavy (non-hydrogen) atoms. The summed E-state index contributed by atoms with van der Waals surface area (Å²) in [5.74, 6) is 2.89. The molecule has 0 spiro atoms. The Morgan fingerprint density at radius 1 is 1.15 bits per heavy atom. The van der Waals surface area contributed by atoms with Crippen molar-refractivity contribution in [2.45, 2.75) is 58.9 Å². The monoisotopic (exact) mass is 271 g/mol. The van der Waals surface area contributed by atoms with Crippen LogP contribution in [0.3, 0.4) is 0 Å². The standard InChI is InChI=1S/C19H29N/c1-4-9-20-19(17-7-5-13(2)14(3)10-17)18-12-15-6-8-16(18)11-15/h5,7,10,15-16,18-20H,4,6,8-9,11-12H2,1-3H3. The number of rotatable bonds is 5. The Hall–Kier alpha value is -0.820. The lowest BCUT2D eigenvalue weighted by molar-refractivity contribution is 0.251. The maximum absolute atomic E-state index is 3.86. The SMILES string of the molecule is CCCNC(c1ccc(C)c(C)c1)C1CC2CCC1C2. The Kier molecular flexibility index (Phi) is 4.16. The quantitative estimate of drug-likeness (QED) is 0.812. The molecule has 2 fully saturated rings. The number of hydrogen-bond donors (Lipinski definition) is 1. The first-order valence-electron chi connectivity index (χ1n) is 8.49. The summed E-state index contributed by atoms with van der Waals surface area (Å²) >= 11 is 0. The molecule has 0 saturated heterocycles. The van der Waals surface area contributed by atoms with Crippen LogP contribution in [0.4, 0.5) is 0 Å². The van der Waals surface area contributed by atoms with E-state index in [1.54, 1.807) is 0 Å². The molecule has 1 heteroatoms. The fourth-order valence-corrected chi connectivity index (χ4v) is 4.48. The van der Waals surface area contributed by atoms with Crippen LogP contribution >= 0.6 is 0 Å². The largest absolute Gasteiger partial charge is 0.310 e. The van der Waals surface area contributed by atoms with Crippen molar-refractivity contribution >= 4 is 0 Å². The van der Waals surface area contributed by atoms with E-state index in [0.29, 0.717) is 6.04 Å². The van der Waals surface area contributed by atoms with Crippen LogP contribution in [0.2, 0.25) is 0 Å². The molecule has 4 atom stereocenters. The third-order valence-corrected chi connectivity index (χ3v) is 5.73. The molecule has 2 saturated carbocycles. The summed E-state index contributed by atoms with van der Waals surface area (Å²) in [5, 5.41) is 3.86. The van der Waals surface area contributed by atoms with E-state index in [1.807, 2.05) is 0 Å². The lowest BCUT2D eigenvalue weighted by Gasteiger charge is -2.32. The van der Waals surface area contributed by atoms with Gasteiger partial charge in [0.1, 0.15) is 0 Å². The second-order valence-corrected chi connectivity index (χ2v) is 7.11. The predicted octanol–water partition coefficient (Wildman–Crippen LogP) is 4.78. The Labute approximate surface area is 124 Å². The predicted molar refractivity (Wildman–Crippen MR) is 85.9 cm³/mol. The summed E-state index contributed by atoms with van der Waals surface area (Å²) in [7, 11) is 0. The Bertz CT molecular complexity index is 465. The fraction of sp³-hybridized carbons (Fsp3) is 0.684. The molecule has 2 bridgehead atoms. The van der Waals surface area contributed by atoms with Crippen molar-refractivity contribution in [3.63, 3.8) is 0 Å². The van der Waals surface area contributed by atoms with Crippen LogP contribution in [0.25, 0.3) is 0 Å². The first kappa shape index (κ1) is 14.1. The molecule has 110 valence electrons. The summed E-state index contributed by atoms with van der Waals surface area (Å²) < 4.78 is 0. The van der Waals surface area contributed by atoms with Crippen LogP contribution in [0, 0.1) is 31.6 Å². The number of hydrogen-bond acceptors (Lipinski definition) is 1. The van der Waals surface area contributed by atoms with Crippen molar-refractivity contribution in [2.75, 3.05) is 6.54 Å². The number of aryl methyl sites for hydroxylation is 2. The van der Waals surface area contributed by atoms with Gasteiger partial charge in [0.2, 0.25) is 0 Å². The highest BCUT2D eigenvalue weighted by Crippen LogP contribution is 2.52. The van der Waals surface area contributed by atoms with Gasteiger partial charge in [-0.2, -0.15) is 0 Å². The molecule has 4 unspecified atom stereocenters. The van der Waals surface area contributed by atoms with Gasteiger partial charge in [-0.1, -0.05) is 31.5 Å². The van der Waals surface area contributed by atoms with Crippen molar-refractivity contribution in [1.29, 1.82) is 0 Å². The maximum Gasteiger partial charge on any atom is 0.0351 e. The van der Waals surface area contributed by atoms with Gasteiger partial charge in [0.15, 0.2) is 0 Å². The maximum atomic E-state index is 3.86. The zero-order valence-corrected chi connectivity index (χ0v) is 13.3. The van der Waals surface area contributed by atoms with Crippen molar-refractivity contribution in [2.24, 2.45) is 17.8 Å². The van der Waals surface area contributed by atoms with E-state index < -0.39 is 0 Å². The normalized spacial score (nSPS) is 29.9. The van der Waals surface area contributed by atoms with Crippen LogP contribution in [0.15, 0.2) is 18.2 Å². The Morgan fingerprint density at radius 2 is 2.00 bits per heavy atom. The summed E-state index contributed by atoms with van der Waals surface area (Å²) in [4.78, 5) is 0. The lowest BCUT2D eigenvalue weighted by Crippen LogP contribution is -2.32. The molecule has 1 N–H and O–H groups in total. The second kappa shape index (κ2) is 5.89. The van der Waals surface area contributed by atoms with Crippen LogP contribution in [0.5, 0.6) is 0 Å². The van der Waals surface area contributed by atoms with Gasteiger partial charge in [0.05, 0.1) is 0 Å². The highest BCUT2D eigenvalue weighted by atomic mass is 14.9. The first-order chi connectivity index (χ1) is 9.69. The molecule has 2 aliphatic carbocycles. The van der Waals surface area contributed by atoms with Crippen LogP contribution < -0.4 is 5.32 Å². The van der Waals surface area contributed by atoms with Gasteiger partial charge in [0, 0.05) is 6.04 Å². The van der Waals surface area contributed by atoms with Crippen LogP contribution in [-0.2, 0) is 0 Å². The minimum atomic E-state index is 0.588. The average molecular weight is 271 g/mol. The molecule has 2 aliphatic rings. The molecular formula is C19H29N. The minimum Gasteiger partial charge on any atom is -0.310 e.